The average molecular weight is 610 g/mol. The Morgan fingerprint density at radius 2 is 1.58 bits per heavy atom. The van der Waals surface area contributed by atoms with Crippen LogP contribution in [0.1, 0.15) is 66.2 Å². The maximum Gasteiger partial charge on any atom is 0.307 e. The molecule has 1 atom stereocenters. The van der Waals surface area contributed by atoms with Crippen molar-refractivity contribution in [3.8, 4) is 11.4 Å². The number of imidazole rings is 1. The first kappa shape index (κ1) is 30.1. The Morgan fingerprint density at radius 3 is 2.27 bits per heavy atom. The number of carboxylic acids is 1. The van der Waals surface area contributed by atoms with Crippen LogP contribution >= 0.6 is 0 Å². The standard InChI is InChI=1S/C36H33F2N3O4/c37-26-17-15-24(16-18-26)22-40-31(32(42)20-25(36(44)45)19-23-9-3-1-4-10-23)21-30-33(35(40)43)41(27-11-5-2-6-12-27)34(39-30)28-13-7-8-14-29(28)38/h1,3-4,7-10,13-18,21,25,27H,2,5-6,11-12,19-20,22H2,(H,44,45)/t25-/m1/s1. The van der Waals surface area contributed by atoms with Crippen LogP contribution in [0.25, 0.3) is 22.4 Å². The summed E-state index contributed by atoms with van der Waals surface area (Å²) in [4.78, 5) is 45.5. The third-order valence-electron chi connectivity index (χ3n) is 8.65. The molecule has 6 rings (SSSR count). The Hall–Kier alpha value is -4.92. The number of nitrogens with zero attached hydrogens (tertiary/aromatic N) is 3. The fourth-order valence-corrected chi connectivity index (χ4v) is 6.37. The number of Topliss-reactive ketones (excluding diaryl/α,β-unsaturated/α-hetero) is 1. The number of carbonyl (C=O) groups is 2. The fourth-order valence-electron chi connectivity index (χ4n) is 6.37. The molecule has 0 amide bonds. The number of ketones is 1. The van der Waals surface area contributed by atoms with E-state index in [0.29, 0.717) is 11.4 Å². The van der Waals surface area contributed by atoms with E-state index < -0.39 is 34.9 Å². The van der Waals surface area contributed by atoms with Gasteiger partial charge in [-0.3, -0.25) is 19.0 Å². The highest BCUT2D eigenvalue weighted by Crippen LogP contribution is 2.36. The summed E-state index contributed by atoms with van der Waals surface area (Å²) in [5.41, 5.74) is 1.64. The quantitative estimate of drug-likeness (QED) is 0.169. The summed E-state index contributed by atoms with van der Waals surface area (Å²) in [5.74, 6) is -3.27. The van der Waals surface area contributed by atoms with Gasteiger partial charge in [0.25, 0.3) is 5.56 Å². The number of benzene rings is 3. The maximum atomic E-state index is 15.2. The number of carboxylic acid groups (broad SMARTS) is 1. The Kier molecular flexibility index (Phi) is 8.69. The number of fused-ring (bicyclic) bond motifs is 1. The molecule has 230 valence electrons. The van der Waals surface area contributed by atoms with Gasteiger partial charge in [-0.1, -0.05) is 73.9 Å². The van der Waals surface area contributed by atoms with Gasteiger partial charge in [0, 0.05) is 12.5 Å². The van der Waals surface area contributed by atoms with Crippen LogP contribution in [0.15, 0.2) is 89.7 Å². The Bertz CT molecular complexity index is 1910. The normalized spacial score (nSPS) is 14.4. The second kappa shape index (κ2) is 13.0. The lowest BCUT2D eigenvalue weighted by Crippen LogP contribution is -2.30. The zero-order valence-electron chi connectivity index (χ0n) is 24.7. The molecule has 1 fully saturated rings. The second-order valence-corrected chi connectivity index (χ2v) is 11.7. The molecular weight excluding hydrogens is 576 g/mol. The summed E-state index contributed by atoms with van der Waals surface area (Å²) < 4.78 is 32.1. The van der Waals surface area contributed by atoms with Gasteiger partial charge in [-0.05, 0) is 60.7 Å². The van der Waals surface area contributed by atoms with E-state index in [1.54, 1.807) is 54.6 Å². The summed E-state index contributed by atoms with van der Waals surface area (Å²) in [5, 5.41) is 10.0. The van der Waals surface area contributed by atoms with Crippen LogP contribution in [0, 0.1) is 17.6 Å². The third kappa shape index (κ3) is 6.34. The van der Waals surface area contributed by atoms with Gasteiger partial charge in [0.2, 0.25) is 0 Å². The zero-order valence-corrected chi connectivity index (χ0v) is 24.7. The minimum atomic E-state index is -1.12. The molecule has 0 unspecified atom stereocenters. The van der Waals surface area contributed by atoms with Gasteiger partial charge < -0.3 is 9.67 Å². The number of aliphatic carboxylic acids is 1. The molecule has 1 aliphatic rings. The lowest BCUT2D eigenvalue weighted by Gasteiger charge is -2.26. The highest BCUT2D eigenvalue weighted by Gasteiger charge is 2.29. The highest BCUT2D eigenvalue weighted by molar-refractivity contribution is 5.99. The molecule has 0 aliphatic heterocycles. The molecule has 1 saturated carbocycles. The van der Waals surface area contributed by atoms with Crippen molar-refractivity contribution in [3.63, 3.8) is 0 Å². The van der Waals surface area contributed by atoms with Gasteiger partial charge in [-0.25, -0.2) is 13.8 Å². The van der Waals surface area contributed by atoms with E-state index in [1.165, 1.54) is 28.8 Å². The highest BCUT2D eigenvalue weighted by atomic mass is 19.1. The van der Waals surface area contributed by atoms with Crippen molar-refractivity contribution in [2.24, 2.45) is 5.92 Å². The number of hydrogen-bond donors (Lipinski definition) is 1. The molecule has 3 aromatic carbocycles. The lowest BCUT2D eigenvalue weighted by atomic mass is 9.93. The molecule has 5 aromatic rings. The van der Waals surface area contributed by atoms with E-state index in [-0.39, 0.29) is 47.7 Å². The first-order valence-corrected chi connectivity index (χ1v) is 15.2. The van der Waals surface area contributed by atoms with Crippen molar-refractivity contribution in [3.05, 3.63) is 124 Å². The first-order chi connectivity index (χ1) is 21.8. The summed E-state index contributed by atoms with van der Waals surface area (Å²) in [6.07, 6.45) is 4.37. The van der Waals surface area contributed by atoms with Gasteiger partial charge in [-0.15, -0.1) is 0 Å². The van der Waals surface area contributed by atoms with Crippen LogP contribution in [0.5, 0.6) is 0 Å². The summed E-state index contributed by atoms with van der Waals surface area (Å²) in [6.45, 7) is -0.0442. The predicted molar refractivity (Wildman–Crippen MR) is 167 cm³/mol. The Labute approximate surface area is 258 Å². The van der Waals surface area contributed by atoms with E-state index in [4.69, 9.17) is 4.98 Å². The van der Waals surface area contributed by atoms with Crippen molar-refractivity contribution < 1.29 is 23.5 Å². The largest absolute Gasteiger partial charge is 0.481 e. The molecule has 2 aromatic heterocycles. The van der Waals surface area contributed by atoms with E-state index in [9.17, 15) is 23.9 Å². The number of pyridine rings is 1. The van der Waals surface area contributed by atoms with Crippen LogP contribution in [0.2, 0.25) is 0 Å². The molecule has 0 radical (unpaired) electrons. The molecule has 0 spiro atoms. The summed E-state index contributed by atoms with van der Waals surface area (Å²) in [7, 11) is 0. The maximum absolute atomic E-state index is 15.2. The van der Waals surface area contributed by atoms with Gasteiger partial charge >= 0.3 is 5.97 Å². The van der Waals surface area contributed by atoms with Crippen molar-refractivity contribution in [1.82, 2.24) is 14.1 Å². The number of aromatic nitrogens is 3. The van der Waals surface area contributed by atoms with Crippen LogP contribution < -0.4 is 5.56 Å². The van der Waals surface area contributed by atoms with Gasteiger partial charge in [0.15, 0.2) is 5.78 Å². The molecule has 45 heavy (non-hydrogen) atoms. The number of hydrogen-bond acceptors (Lipinski definition) is 4. The van der Waals surface area contributed by atoms with Crippen molar-refractivity contribution in [2.45, 2.75) is 57.5 Å². The minimum Gasteiger partial charge on any atom is -0.481 e. The number of rotatable bonds is 10. The lowest BCUT2D eigenvalue weighted by molar-refractivity contribution is -0.141. The average Bonchev–Trinajstić information content (AvgIpc) is 3.43. The minimum absolute atomic E-state index is 0.00418. The monoisotopic (exact) mass is 609 g/mol. The van der Waals surface area contributed by atoms with Crippen molar-refractivity contribution in [1.29, 1.82) is 0 Å². The molecular formula is C36H33F2N3O4. The topological polar surface area (TPSA) is 94.2 Å². The SMILES string of the molecule is O=C(C[C@@H](Cc1ccccc1)C(=O)O)c1cc2nc(-c3ccccc3F)n(C3CCCCC3)c2c(=O)n1Cc1ccc(F)cc1. The number of halogens is 2. The van der Waals surface area contributed by atoms with Crippen molar-refractivity contribution >= 4 is 22.8 Å². The molecule has 7 nitrogen and oxygen atoms in total. The van der Waals surface area contributed by atoms with Gasteiger partial charge in [0.1, 0.15) is 23.0 Å². The van der Waals surface area contributed by atoms with E-state index in [0.717, 1.165) is 37.7 Å². The van der Waals surface area contributed by atoms with Crippen LogP contribution in [0.4, 0.5) is 8.78 Å². The van der Waals surface area contributed by atoms with E-state index in [1.807, 2.05) is 10.6 Å². The Balaban J connectivity index is 1.52. The first-order valence-electron chi connectivity index (χ1n) is 15.2. The molecule has 0 saturated heterocycles. The molecule has 0 bridgehead atoms. The summed E-state index contributed by atoms with van der Waals surface area (Å²) in [6, 6.07) is 22.4. The van der Waals surface area contributed by atoms with E-state index in [2.05, 4.69) is 0 Å². The number of carbonyl (C=O) groups excluding carboxylic acids is 1. The predicted octanol–water partition coefficient (Wildman–Crippen LogP) is 7.21. The molecule has 2 heterocycles. The zero-order chi connectivity index (χ0) is 31.5. The molecule has 1 N–H and O–H groups in total. The van der Waals surface area contributed by atoms with Gasteiger partial charge in [0.05, 0.1) is 29.2 Å². The molecule has 9 heteroatoms. The van der Waals surface area contributed by atoms with Gasteiger partial charge in [-0.2, -0.15) is 0 Å². The van der Waals surface area contributed by atoms with E-state index >= 15 is 4.39 Å². The van der Waals surface area contributed by atoms with Crippen LogP contribution in [-0.4, -0.2) is 31.0 Å². The molecule has 1 aliphatic carbocycles. The Morgan fingerprint density at radius 1 is 0.889 bits per heavy atom. The second-order valence-electron chi connectivity index (χ2n) is 11.7. The smallest absolute Gasteiger partial charge is 0.307 e. The van der Waals surface area contributed by atoms with Crippen LogP contribution in [-0.2, 0) is 17.8 Å². The third-order valence-corrected chi connectivity index (χ3v) is 8.65. The van der Waals surface area contributed by atoms with Crippen molar-refractivity contribution in [2.75, 3.05) is 0 Å². The summed E-state index contributed by atoms with van der Waals surface area (Å²) >= 11 is 0. The fraction of sp³-hybridized carbons (Fsp3) is 0.278. The van der Waals surface area contributed by atoms with Crippen LogP contribution in [0.3, 0.4) is 0 Å².